The highest BCUT2D eigenvalue weighted by Gasteiger charge is 2.21. The van der Waals surface area contributed by atoms with Crippen molar-refractivity contribution in [3.05, 3.63) is 65.0 Å². The maximum Gasteiger partial charge on any atom is 0.309 e. The topological polar surface area (TPSA) is 70.7 Å². The minimum atomic E-state index is -0.718. The average Bonchev–Trinajstić information content (AvgIpc) is 3.15. The number of likely N-dealkylation sites (N-methyl/N-ethyl adjacent to an activating group) is 1. The molecule has 0 aliphatic carbocycles. The predicted octanol–water partition coefficient (Wildman–Crippen LogP) is 1.80. The maximum atomic E-state index is 12.9. The number of carbonyl (C=O) groups excluding carboxylic acids is 2. The number of rotatable bonds is 6. The highest BCUT2D eigenvalue weighted by molar-refractivity contribution is 6.35. The molecule has 148 valence electrons. The molecule has 0 saturated carbocycles. The summed E-state index contributed by atoms with van der Waals surface area (Å²) in [7, 11) is 3.85. The Morgan fingerprint density at radius 2 is 1.82 bits per heavy atom. The first-order chi connectivity index (χ1) is 13.4. The van der Waals surface area contributed by atoms with Crippen LogP contribution in [-0.4, -0.2) is 44.0 Å². The van der Waals surface area contributed by atoms with Gasteiger partial charge in [0.05, 0.1) is 12.6 Å². The van der Waals surface area contributed by atoms with E-state index in [1.165, 1.54) is 12.1 Å². The number of benzene rings is 2. The van der Waals surface area contributed by atoms with Crippen LogP contribution in [0.25, 0.3) is 0 Å². The van der Waals surface area contributed by atoms with E-state index in [0.717, 1.165) is 23.3 Å². The van der Waals surface area contributed by atoms with Crippen molar-refractivity contribution in [2.24, 2.45) is 0 Å². The van der Waals surface area contributed by atoms with Crippen LogP contribution in [0.1, 0.15) is 22.7 Å². The number of ether oxygens (including phenoxy) is 1. The summed E-state index contributed by atoms with van der Waals surface area (Å²) in [5.41, 5.74) is 2.93. The molecule has 2 aromatic rings. The number of hydrogen-bond acceptors (Lipinski definition) is 4. The second kappa shape index (κ2) is 8.84. The first kappa shape index (κ1) is 19.8. The normalized spacial score (nSPS) is 13.6. The summed E-state index contributed by atoms with van der Waals surface area (Å²) in [6.07, 6.45) is 0.876. The highest BCUT2D eigenvalue weighted by Crippen LogP contribution is 2.29. The van der Waals surface area contributed by atoms with Gasteiger partial charge in [0.1, 0.15) is 11.6 Å². The molecule has 0 saturated heterocycles. The Morgan fingerprint density at radius 3 is 2.54 bits per heavy atom. The van der Waals surface area contributed by atoms with Gasteiger partial charge in [-0.2, -0.15) is 0 Å². The van der Waals surface area contributed by atoms with Gasteiger partial charge < -0.3 is 20.3 Å². The lowest BCUT2D eigenvalue weighted by Crippen LogP contribution is -2.42. The number of nitrogens with one attached hydrogen (secondary N) is 2. The molecule has 0 radical (unpaired) electrons. The van der Waals surface area contributed by atoms with Crippen LogP contribution in [0, 0.1) is 5.82 Å². The Hall–Kier alpha value is -2.93. The van der Waals surface area contributed by atoms with Crippen molar-refractivity contribution in [1.29, 1.82) is 0 Å². The predicted molar refractivity (Wildman–Crippen MR) is 103 cm³/mol. The first-order valence-corrected chi connectivity index (χ1v) is 9.16. The van der Waals surface area contributed by atoms with Gasteiger partial charge in [0.25, 0.3) is 0 Å². The minimum absolute atomic E-state index is 0.0697. The van der Waals surface area contributed by atoms with Gasteiger partial charge in [-0.05, 0) is 49.0 Å². The SMILES string of the molecule is CN(C)[C@@H](CNC(=O)C(=O)NCc1ccc(F)cc1)c1ccc2c(c1)CCO2. The lowest BCUT2D eigenvalue weighted by molar-refractivity contribution is -0.139. The van der Waals surface area contributed by atoms with E-state index in [-0.39, 0.29) is 18.4 Å². The summed E-state index contributed by atoms with van der Waals surface area (Å²) in [5.74, 6) is -0.853. The summed E-state index contributed by atoms with van der Waals surface area (Å²) in [4.78, 5) is 26.2. The van der Waals surface area contributed by atoms with Crippen molar-refractivity contribution >= 4 is 11.8 Å². The fourth-order valence-electron chi connectivity index (χ4n) is 3.15. The highest BCUT2D eigenvalue weighted by atomic mass is 19.1. The van der Waals surface area contributed by atoms with E-state index in [4.69, 9.17) is 4.74 Å². The monoisotopic (exact) mass is 385 g/mol. The van der Waals surface area contributed by atoms with Gasteiger partial charge in [-0.25, -0.2) is 4.39 Å². The Kier molecular flexibility index (Phi) is 6.26. The summed E-state index contributed by atoms with van der Waals surface area (Å²) in [6, 6.07) is 11.7. The number of carbonyl (C=O) groups is 2. The molecule has 0 aromatic heterocycles. The summed E-state index contributed by atoms with van der Waals surface area (Å²) in [6.45, 7) is 1.15. The lowest BCUT2D eigenvalue weighted by Gasteiger charge is -2.25. The van der Waals surface area contributed by atoms with Crippen LogP contribution in [0.4, 0.5) is 4.39 Å². The Balaban J connectivity index is 1.55. The fourth-order valence-corrected chi connectivity index (χ4v) is 3.15. The molecule has 6 nitrogen and oxygen atoms in total. The molecule has 0 fully saturated rings. The smallest absolute Gasteiger partial charge is 0.309 e. The van der Waals surface area contributed by atoms with Gasteiger partial charge in [0, 0.05) is 19.5 Å². The van der Waals surface area contributed by atoms with Crippen molar-refractivity contribution in [3.63, 3.8) is 0 Å². The zero-order valence-corrected chi connectivity index (χ0v) is 16.0. The second-order valence-electron chi connectivity index (χ2n) is 6.96. The molecule has 7 heteroatoms. The molecule has 3 rings (SSSR count). The average molecular weight is 385 g/mol. The van der Waals surface area contributed by atoms with Crippen LogP contribution in [0.5, 0.6) is 5.75 Å². The lowest BCUT2D eigenvalue weighted by atomic mass is 10.0. The summed E-state index contributed by atoms with van der Waals surface area (Å²) in [5, 5.41) is 5.23. The van der Waals surface area contributed by atoms with Gasteiger partial charge in [0.15, 0.2) is 0 Å². The van der Waals surface area contributed by atoms with E-state index in [9.17, 15) is 14.0 Å². The van der Waals surface area contributed by atoms with Crippen LogP contribution < -0.4 is 15.4 Å². The molecular formula is C21H24FN3O3. The second-order valence-corrected chi connectivity index (χ2v) is 6.96. The fraction of sp³-hybridized carbons (Fsp3) is 0.333. The van der Waals surface area contributed by atoms with Crippen LogP contribution in [0.2, 0.25) is 0 Å². The molecule has 2 N–H and O–H groups in total. The van der Waals surface area contributed by atoms with E-state index >= 15 is 0 Å². The third-order valence-electron chi connectivity index (χ3n) is 4.75. The van der Waals surface area contributed by atoms with Crippen molar-refractivity contribution in [1.82, 2.24) is 15.5 Å². The molecule has 1 heterocycles. The minimum Gasteiger partial charge on any atom is -0.493 e. The van der Waals surface area contributed by atoms with E-state index in [2.05, 4.69) is 16.7 Å². The first-order valence-electron chi connectivity index (χ1n) is 9.16. The Morgan fingerprint density at radius 1 is 1.11 bits per heavy atom. The van der Waals surface area contributed by atoms with Crippen LogP contribution in [0.15, 0.2) is 42.5 Å². The molecule has 2 amide bonds. The molecule has 2 aromatic carbocycles. The van der Waals surface area contributed by atoms with Crippen LogP contribution in [0.3, 0.4) is 0 Å². The van der Waals surface area contributed by atoms with Gasteiger partial charge >= 0.3 is 11.8 Å². The van der Waals surface area contributed by atoms with E-state index in [0.29, 0.717) is 18.7 Å². The molecule has 1 aliphatic heterocycles. The third kappa shape index (κ3) is 4.86. The van der Waals surface area contributed by atoms with Crippen molar-refractivity contribution in [2.75, 3.05) is 27.2 Å². The molecule has 1 atom stereocenters. The number of hydrogen-bond donors (Lipinski definition) is 2. The van der Waals surface area contributed by atoms with E-state index in [1.54, 1.807) is 12.1 Å². The van der Waals surface area contributed by atoms with Gasteiger partial charge in [-0.15, -0.1) is 0 Å². The van der Waals surface area contributed by atoms with Crippen molar-refractivity contribution in [3.8, 4) is 5.75 Å². The number of halogens is 1. The summed E-state index contributed by atoms with van der Waals surface area (Å²) < 4.78 is 18.4. The van der Waals surface area contributed by atoms with Crippen molar-refractivity contribution in [2.45, 2.75) is 19.0 Å². The zero-order chi connectivity index (χ0) is 20.1. The largest absolute Gasteiger partial charge is 0.493 e. The molecule has 0 spiro atoms. The van der Waals surface area contributed by atoms with Gasteiger partial charge in [-0.1, -0.05) is 24.3 Å². The van der Waals surface area contributed by atoms with Gasteiger partial charge in [-0.3, -0.25) is 9.59 Å². The van der Waals surface area contributed by atoms with E-state index in [1.807, 2.05) is 31.1 Å². The Bertz CT molecular complexity index is 852. The molecule has 0 bridgehead atoms. The summed E-state index contributed by atoms with van der Waals surface area (Å²) >= 11 is 0. The third-order valence-corrected chi connectivity index (χ3v) is 4.75. The molecule has 28 heavy (non-hydrogen) atoms. The number of nitrogens with zero attached hydrogens (tertiary/aromatic N) is 1. The van der Waals surface area contributed by atoms with Crippen molar-refractivity contribution < 1.29 is 18.7 Å². The zero-order valence-electron chi connectivity index (χ0n) is 16.0. The number of fused-ring (bicyclic) bond motifs is 1. The van der Waals surface area contributed by atoms with Crippen LogP contribution >= 0.6 is 0 Å². The maximum absolute atomic E-state index is 12.9. The quantitative estimate of drug-likeness (QED) is 0.744. The molecule has 1 aliphatic rings. The van der Waals surface area contributed by atoms with Crippen LogP contribution in [-0.2, 0) is 22.6 Å². The molecular weight excluding hydrogens is 361 g/mol. The standard InChI is InChI=1S/C21H24FN3O3/c1-25(2)18(15-5-8-19-16(11-15)9-10-28-19)13-24-21(27)20(26)23-12-14-3-6-17(22)7-4-14/h3-8,11,18H,9-10,12-13H2,1-2H3,(H,23,26)(H,24,27)/t18-/m0/s1. The number of amides is 2. The Labute approximate surface area is 163 Å². The van der Waals surface area contributed by atoms with E-state index < -0.39 is 11.8 Å². The molecule has 0 unspecified atom stereocenters. The van der Waals surface area contributed by atoms with Gasteiger partial charge in [0.2, 0.25) is 0 Å².